The molecule has 5 rings (SSSR count). The number of fused-ring (bicyclic) bond motifs is 2. The van der Waals surface area contributed by atoms with E-state index < -0.39 is 0 Å². The maximum absolute atomic E-state index is 13.2. The van der Waals surface area contributed by atoms with Crippen LogP contribution in [0.2, 0.25) is 5.02 Å². The lowest BCUT2D eigenvalue weighted by Gasteiger charge is -2.15. The second kappa shape index (κ2) is 7.90. The van der Waals surface area contributed by atoms with E-state index in [1.807, 2.05) is 26.0 Å². The minimum Gasteiger partial charge on any atom is -0.454 e. The van der Waals surface area contributed by atoms with E-state index in [0.717, 1.165) is 5.56 Å². The average molecular weight is 457 g/mol. The normalized spacial score (nSPS) is 12.8. The van der Waals surface area contributed by atoms with Crippen LogP contribution in [-0.2, 0) is 5.75 Å². The molecule has 0 radical (unpaired) electrons. The number of thioether (sulfide) groups is 1. The lowest BCUT2D eigenvalue weighted by atomic mass is 10.2. The molecular formula is C21H17ClN4O4S. The van der Waals surface area contributed by atoms with Crippen molar-refractivity contribution in [2.24, 2.45) is 0 Å². The van der Waals surface area contributed by atoms with E-state index in [4.69, 9.17) is 30.6 Å². The van der Waals surface area contributed by atoms with Gasteiger partial charge in [0, 0.05) is 22.7 Å². The first kappa shape index (κ1) is 19.9. The molecule has 10 heteroatoms. The van der Waals surface area contributed by atoms with E-state index in [0.29, 0.717) is 50.0 Å². The van der Waals surface area contributed by atoms with Gasteiger partial charge in [-0.1, -0.05) is 28.5 Å². The molecule has 1 aliphatic heterocycles. The monoisotopic (exact) mass is 456 g/mol. The maximum Gasteiger partial charge on any atom is 0.262 e. The van der Waals surface area contributed by atoms with Gasteiger partial charge >= 0.3 is 0 Å². The van der Waals surface area contributed by atoms with Crippen molar-refractivity contribution in [2.75, 3.05) is 6.79 Å². The van der Waals surface area contributed by atoms with Crippen LogP contribution in [0.5, 0.6) is 11.5 Å². The summed E-state index contributed by atoms with van der Waals surface area (Å²) in [7, 11) is 0. The fourth-order valence-electron chi connectivity index (χ4n) is 3.28. The molecule has 0 amide bonds. The van der Waals surface area contributed by atoms with Crippen LogP contribution in [0.15, 0.2) is 50.9 Å². The quantitative estimate of drug-likeness (QED) is 0.315. The van der Waals surface area contributed by atoms with Crippen LogP contribution in [0.4, 0.5) is 0 Å². The lowest BCUT2D eigenvalue weighted by Crippen LogP contribution is -2.25. The highest BCUT2D eigenvalue weighted by molar-refractivity contribution is 7.98. The highest BCUT2D eigenvalue weighted by Gasteiger charge is 2.20. The van der Waals surface area contributed by atoms with E-state index in [2.05, 4.69) is 10.1 Å². The van der Waals surface area contributed by atoms with E-state index in [1.54, 1.807) is 28.8 Å². The van der Waals surface area contributed by atoms with Crippen molar-refractivity contribution in [1.29, 1.82) is 0 Å². The molecule has 2 aromatic carbocycles. The molecule has 0 unspecified atom stereocenters. The van der Waals surface area contributed by atoms with Crippen molar-refractivity contribution >= 4 is 34.3 Å². The van der Waals surface area contributed by atoms with Crippen LogP contribution in [0.1, 0.15) is 25.8 Å². The van der Waals surface area contributed by atoms with Crippen LogP contribution in [0.25, 0.3) is 22.3 Å². The molecule has 0 bridgehead atoms. The largest absolute Gasteiger partial charge is 0.454 e. The summed E-state index contributed by atoms with van der Waals surface area (Å²) in [6, 6.07) is 10.5. The second-order valence-electron chi connectivity index (χ2n) is 7.19. The maximum atomic E-state index is 13.2. The summed E-state index contributed by atoms with van der Waals surface area (Å²) < 4.78 is 17.9. The Morgan fingerprint density at radius 1 is 1.13 bits per heavy atom. The molecule has 0 aliphatic carbocycles. The van der Waals surface area contributed by atoms with Gasteiger partial charge < -0.3 is 14.0 Å². The molecule has 0 saturated carbocycles. The summed E-state index contributed by atoms with van der Waals surface area (Å²) in [4.78, 5) is 22.3. The predicted molar refractivity (Wildman–Crippen MR) is 117 cm³/mol. The molecule has 158 valence electrons. The molecule has 31 heavy (non-hydrogen) atoms. The Hall–Kier alpha value is -3.04. The van der Waals surface area contributed by atoms with Crippen LogP contribution < -0.4 is 15.0 Å². The van der Waals surface area contributed by atoms with Crippen molar-refractivity contribution in [3.63, 3.8) is 0 Å². The standard InChI is InChI=1S/C21H17ClN4O4S/c1-11(2)26-20(27)14-7-16-17(29-10-28-16)8-15(14)23-21(26)31-9-18-24-19(25-30-18)12-3-5-13(22)6-4-12/h3-8,11H,9-10H2,1-2H3. The first-order chi connectivity index (χ1) is 15.0. The van der Waals surface area contributed by atoms with E-state index in [-0.39, 0.29) is 18.4 Å². The molecule has 2 aromatic heterocycles. The third kappa shape index (κ3) is 3.75. The molecule has 3 heterocycles. The SMILES string of the molecule is CC(C)n1c(SCc2nc(-c3ccc(Cl)cc3)no2)nc2cc3c(cc2c1=O)OCO3. The lowest BCUT2D eigenvalue weighted by molar-refractivity contribution is 0.174. The summed E-state index contributed by atoms with van der Waals surface area (Å²) in [6.07, 6.45) is 0. The first-order valence-corrected chi connectivity index (χ1v) is 10.9. The minimum absolute atomic E-state index is 0.0790. The Bertz CT molecular complexity index is 1330. The zero-order valence-electron chi connectivity index (χ0n) is 16.7. The van der Waals surface area contributed by atoms with Crippen LogP contribution >= 0.6 is 23.4 Å². The molecular weight excluding hydrogens is 440 g/mol. The fraction of sp³-hybridized carbons (Fsp3) is 0.238. The Morgan fingerprint density at radius 2 is 1.87 bits per heavy atom. The zero-order valence-corrected chi connectivity index (χ0v) is 18.2. The number of hydrogen-bond donors (Lipinski definition) is 0. The third-order valence-corrected chi connectivity index (χ3v) is 5.96. The third-order valence-electron chi connectivity index (χ3n) is 4.77. The molecule has 0 atom stereocenters. The van der Waals surface area contributed by atoms with Crippen molar-refractivity contribution in [3.8, 4) is 22.9 Å². The number of rotatable bonds is 5. The summed E-state index contributed by atoms with van der Waals surface area (Å²) >= 11 is 7.29. The number of aromatic nitrogens is 4. The number of nitrogens with zero attached hydrogens (tertiary/aromatic N) is 4. The van der Waals surface area contributed by atoms with Gasteiger partial charge in [0.25, 0.3) is 5.56 Å². The van der Waals surface area contributed by atoms with Gasteiger partial charge in [-0.2, -0.15) is 4.98 Å². The number of benzene rings is 2. The number of ether oxygens (including phenoxy) is 2. The zero-order chi connectivity index (χ0) is 21.5. The minimum atomic E-state index is -0.131. The Morgan fingerprint density at radius 3 is 2.61 bits per heavy atom. The van der Waals surface area contributed by atoms with Crippen LogP contribution in [-0.4, -0.2) is 26.5 Å². The van der Waals surface area contributed by atoms with Crippen molar-refractivity contribution < 1.29 is 14.0 Å². The molecule has 4 aromatic rings. The van der Waals surface area contributed by atoms with Crippen LogP contribution in [0.3, 0.4) is 0 Å². The van der Waals surface area contributed by atoms with Crippen LogP contribution in [0, 0.1) is 0 Å². The molecule has 8 nitrogen and oxygen atoms in total. The highest BCUT2D eigenvalue weighted by atomic mass is 35.5. The van der Waals surface area contributed by atoms with Gasteiger partial charge in [-0.3, -0.25) is 9.36 Å². The number of hydrogen-bond acceptors (Lipinski definition) is 8. The van der Waals surface area contributed by atoms with Gasteiger partial charge in [0.15, 0.2) is 16.7 Å². The topological polar surface area (TPSA) is 92.3 Å². The van der Waals surface area contributed by atoms with Crippen molar-refractivity contribution in [2.45, 2.75) is 30.8 Å². The first-order valence-electron chi connectivity index (χ1n) is 9.57. The van der Waals surface area contributed by atoms with E-state index in [9.17, 15) is 4.79 Å². The number of halogens is 1. The van der Waals surface area contributed by atoms with Gasteiger partial charge in [-0.25, -0.2) is 4.98 Å². The highest BCUT2D eigenvalue weighted by Crippen LogP contribution is 2.35. The van der Waals surface area contributed by atoms with Gasteiger partial charge in [0.2, 0.25) is 18.5 Å². The second-order valence-corrected chi connectivity index (χ2v) is 8.57. The smallest absolute Gasteiger partial charge is 0.262 e. The summed E-state index contributed by atoms with van der Waals surface area (Å²) in [5.41, 5.74) is 1.23. The summed E-state index contributed by atoms with van der Waals surface area (Å²) in [6.45, 7) is 4.02. The fourth-order valence-corrected chi connectivity index (χ4v) is 4.37. The Labute approximate surface area is 186 Å². The van der Waals surface area contributed by atoms with Crippen molar-refractivity contribution in [1.82, 2.24) is 19.7 Å². The average Bonchev–Trinajstić information content (AvgIpc) is 3.40. The molecule has 0 N–H and O–H groups in total. The molecule has 0 saturated heterocycles. The van der Waals surface area contributed by atoms with Gasteiger partial charge in [-0.05, 0) is 44.2 Å². The summed E-state index contributed by atoms with van der Waals surface area (Å²) in [5, 5.41) is 5.73. The van der Waals surface area contributed by atoms with Crippen molar-refractivity contribution in [3.05, 3.63) is 57.7 Å². The molecule has 1 aliphatic rings. The Balaban J connectivity index is 1.46. The molecule has 0 fully saturated rings. The van der Waals surface area contributed by atoms with Gasteiger partial charge in [0.05, 0.1) is 16.7 Å². The predicted octanol–water partition coefficient (Wildman–Crippen LogP) is 4.70. The van der Waals surface area contributed by atoms with E-state index >= 15 is 0 Å². The molecule has 0 spiro atoms. The summed E-state index contributed by atoms with van der Waals surface area (Å²) in [5.74, 6) is 2.43. The van der Waals surface area contributed by atoms with E-state index in [1.165, 1.54) is 11.8 Å². The van der Waals surface area contributed by atoms with Gasteiger partial charge in [0.1, 0.15) is 0 Å². The van der Waals surface area contributed by atoms with Gasteiger partial charge in [-0.15, -0.1) is 0 Å². The Kier molecular flexibility index (Phi) is 5.07.